The Morgan fingerprint density at radius 1 is 1.62 bits per heavy atom. The molecular weight excluding hydrogens is 293 g/mol. The molecule has 0 spiro atoms. The molecule has 0 saturated heterocycles. The van der Waals surface area contributed by atoms with Gasteiger partial charge in [0, 0.05) is 5.69 Å². The smallest absolute Gasteiger partial charge is 0.283 e. The molecule has 1 aromatic heterocycles. The van der Waals surface area contributed by atoms with Gasteiger partial charge in [0.1, 0.15) is 5.69 Å². The number of aliphatic hydroxyl groups is 1. The Hall–Kier alpha value is -0.240. The van der Waals surface area contributed by atoms with Crippen molar-refractivity contribution in [3.05, 3.63) is 15.0 Å². The van der Waals surface area contributed by atoms with E-state index in [1.807, 2.05) is 22.6 Å². The van der Waals surface area contributed by atoms with Crippen LogP contribution in [0.4, 0.5) is 8.78 Å². The maximum Gasteiger partial charge on any atom is 0.283 e. The van der Waals surface area contributed by atoms with Gasteiger partial charge in [-0.05, 0) is 29.5 Å². The molecule has 0 aliphatic rings. The average molecular weight is 302 g/mol. The van der Waals surface area contributed by atoms with Crippen molar-refractivity contribution in [2.75, 3.05) is 6.61 Å². The van der Waals surface area contributed by atoms with E-state index >= 15 is 0 Å². The van der Waals surface area contributed by atoms with E-state index in [1.54, 1.807) is 6.92 Å². The number of nitrogens with zero attached hydrogens (tertiary/aromatic N) is 2. The maximum absolute atomic E-state index is 12.3. The molecule has 0 unspecified atom stereocenters. The minimum absolute atomic E-state index is 0.0960. The van der Waals surface area contributed by atoms with Crippen LogP contribution in [0.15, 0.2) is 0 Å². The lowest BCUT2D eigenvalue weighted by Gasteiger charge is -1.99. The molecule has 0 bridgehead atoms. The minimum atomic E-state index is -2.55. The first-order valence-corrected chi connectivity index (χ1v) is 4.77. The van der Waals surface area contributed by atoms with Crippen LogP contribution in [0.25, 0.3) is 0 Å². The van der Waals surface area contributed by atoms with Crippen LogP contribution >= 0.6 is 22.6 Å². The van der Waals surface area contributed by atoms with Crippen LogP contribution in [0.5, 0.6) is 0 Å². The highest BCUT2D eigenvalue weighted by Crippen LogP contribution is 2.25. The minimum Gasteiger partial charge on any atom is -0.394 e. The molecule has 74 valence electrons. The Kier molecular flexibility index (Phi) is 3.60. The molecule has 0 aliphatic carbocycles. The molecule has 1 N–H and O–H groups in total. The maximum atomic E-state index is 12.3. The van der Waals surface area contributed by atoms with Crippen molar-refractivity contribution in [3.63, 3.8) is 0 Å². The molecule has 0 fully saturated rings. The van der Waals surface area contributed by atoms with Gasteiger partial charge in [0.05, 0.1) is 16.7 Å². The normalized spacial score (nSPS) is 11.2. The average Bonchev–Trinajstić information content (AvgIpc) is 2.33. The highest BCUT2D eigenvalue weighted by atomic mass is 127. The van der Waals surface area contributed by atoms with Gasteiger partial charge in [-0.2, -0.15) is 5.10 Å². The van der Waals surface area contributed by atoms with Crippen LogP contribution in [-0.2, 0) is 6.54 Å². The SMILES string of the molecule is Cc1c(I)c(C(F)F)nn1CCO. The zero-order chi connectivity index (χ0) is 10.0. The lowest BCUT2D eigenvalue weighted by molar-refractivity contribution is 0.143. The van der Waals surface area contributed by atoms with Crippen LogP contribution in [0.2, 0.25) is 0 Å². The molecule has 0 saturated carbocycles. The molecule has 0 radical (unpaired) electrons. The summed E-state index contributed by atoms with van der Waals surface area (Å²) in [5.41, 5.74) is 0.469. The molecule has 13 heavy (non-hydrogen) atoms. The standard InChI is InChI=1S/C7H9F2IN2O/c1-4-5(10)6(7(8)9)11-12(4)2-3-13/h7,13H,2-3H2,1H3. The number of aliphatic hydroxyl groups excluding tert-OH is 1. The van der Waals surface area contributed by atoms with Crippen LogP contribution < -0.4 is 0 Å². The molecule has 1 heterocycles. The van der Waals surface area contributed by atoms with Gasteiger partial charge in [-0.3, -0.25) is 4.68 Å². The fourth-order valence-corrected chi connectivity index (χ4v) is 1.62. The first-order valence-electron chi connectivity index (χ1n) is 3.69. The summed E-state index contributed by atoms with van der Waals surface area (Å²) in [7, 11) is 0. The molecule has 3 nitrogen and oxygen atoms in total. The van der Waals surface area contributed by atoms with Gasteiger partial charge in [-0.25, -0.2) is 8.78 Å². The van der Waals surface area contributed by atoms with Crippen molar-refractivity contribution in [1.82, 2.24) is 9.78 Å². The molecule has 6 heteroatoms. The van der Waals surface area contributed by atoms with Crippen LogP contribution in [0.3, 0.4) is 0 Å². The van der Waals surface area contributed by atoms with Crippen molar-refractivity contribution in [2.45, 2.75) is 19.9 Å². The second-order valence-electron chi connectivity index (χ2n) is 2.53. The number of alkyl halides is 2. The van der Waals surface area contributed by atoms with Crippen molar-refractivity contribution in [2.24, 2.45) is 0 Å². The molecule has 0 amide bonds. The van der Waals surface area contributed by atoms with E-state index in [-0.39, 0.29) is 18.8 Å². The predicted octanol–water partition coefficient (Wildman–Crippen LogP) is 1.73. The summed E-state index contributed by atoms with van der Waals surface area (Å²) in [5, 5.41) is 12.3. The van der Waals surface area contributed by atoms with Crippen molar-refractivity contribution in [1.29, 1.82) is 0 Å². The summed E-state index contributed by atoms with van der Waals surface area (Å²) in [6, 6.07) is 0. The zero-order valence-corrected chi connectivity index (χ0v) is 9.12. The van der Waals surface area contributed by atoms with E-state index in [0.29, 0.717) is 9.26 Å². The molecular formula is C7H9F2IN2O. The van der Waals surface area contributed by atoms with Crippen molar-refractivity contribution in [3.8, 4) is 0 Å². The Morgan fingerprint density at radius 3 is 2.62 bits per heavy atom. The molecule has 0 aromatic carbocycles. The van der Waals surface area contributed by atoms with E-state index in [9.17, 15) is 8.78 Å². The topological polar surface area (TPSA) is 38.0 Å². The lowest BCUT2D eigenvalue weighted by Crippen LogP contribution is -2.06. The summed E-state index contributed by atoms with van der Waals surface area (Å²) >= 11 is 1.84. The Bertz CT molecular complexity index is 301. The first-order chi connectivity index (χ1) is 6.07. The van der Waals surface area contributed by atoms with Gasteiger partial charge in [0.15, 0.2) is 0 Å². The highest BCUT2D eigenvalue weighted by Gasteiger charge is 2.19. The first kappa shape index (κ1) is 10.8. The fraction of sp³-hybridized carbons (Fsp3) is 0.571. The Labute approximate surface area is 87.9 Å². The van der Waals surface area contributed by atoms with Gasteiger partial charge in [-0.15, -0.1) is 0 Å². The van der Waals surface area contributed by atoms with Gasteiger partial charge < -0.3 is 5.11 Å². The van der Waals surface area contributed by atoms with E-state index in [1.165, 1.54) is 4.68 Å². The Balaban J connectivity index is 3.05. The second-order valence-corrected chi connectivity index (χ2v) is 3.61. The number of hydrogen-bond donors (Lipinski definition) is 1. The van der Waals surface area contributed by atoms with E-state index in [4.69, 9.17) is 5.11 Å². The van der Waals surface area contributed by atoms with Gasteiger partial charge in [-0.1, -0.05) is 0 Å². The highest BCUT2D eigenvalue weighted by molar-refractivity contribution is 14.1. The zero-order valence-electron chi connectivity index (χ0n) is 6.97. The van der Waals surface area contributed by atoms with Gasteiger partial charge in [0.25, 0.3) is 6.43 Å². The van der Waals surface area contributed by atoms with E-state index < -0.39 is 6.43 Å². The largest absolute Gasteiger partial charge is 0.394 e. The summed E-state index contributed by atoms with van der Waals surface area (Å²) in [6.07, 6.45) is -2.55. The third-order valence-corrected chi connectivity index (χ3v) is 3.01. The predicted molar refractivity (Wildman–Crippen MR) is 51.7 cm³/mol. The monoisotopic (exact) mass is 302 g/mol. The van der Waals surface area contributed by atoms with Crippen LogP contribution in [-0.4, -0.2) is 21.5 Å². The fourth-order valence-electron chi connectivity index (χ4n) is 0.999. The van der Waals surface area contributed by atoms with Crippen molar-refractivity contribution >= 4 is 22.6 Å². The van der Waals surface area contributed by atoms with Gasteiger partial charge >= 0.3 is 0 Å². The molecule has 0 atom stereocenters. The summed E-state index contributed by atoms with van der Waals surface area (Å²) < 4.78 is 26.5. The number of rotatable bonds is 3. The number of hydrogen-bond acceptors (Lipinski definition) is 2. The molecule has 1 rings (SSSR count). The third kappa shape index (κ3) is 2.16. The summed E-state index contributed by atoms with van der Waals surface area (Å²) in [4.78, 5) is 0. The second kappa shape index (κ2) is 4.32. The van der Waals surface area contributed by atoms with Crippen molar-refractivity contribution < 1.29 is 13.9 Å². The van der Waals surface area contributed by atoms with Crippen LogP contribution in [0.1, 0.15) is 17.8 Å². The van der Waals surface area contributed by atoms with E-state index in [2.05, 4.69) is 5.10 Å². The quantitative estimate of drug-likeness (QED) is 0.864. The summed E-state index contributed by atoms with van der Waals surface area (Å²) in [5.74, 6) is 0. The lowest BCUT2D eigenvalue weighted by atomic mass is 10.4. The van der Waals surface area contributed by atoms with Gasteiger partial charge in [0.2, 0.25) is 0 Å². The Morgan fingerprint density at radius 2 is 2.23 bits per heavy atom. The van der Waals surface area contributed by atoms with Crippen LogP contribution in [0, 0.1) is 10.5 Å². The summed E-state index contributed by atoms with van der Waals surface area (Å²) in [6.45, 7) is 1.87. The molecule has 0 aliphatic heterocycles. The third-order valence-electron chi connectivity index (χ3n) is 1.68. The van der Waals surface area contributed by atoms with E-state index in [0.717, 1.165) is 0 Å². The number of halogens is 3. The number of aromatic nitrogens is 2. The molecule has 1 aromatic rings.